The summed E-state index contributed by atoms with van der Waals surface area (Å²) in [5.74, 6) is 2.17. The summed E-state index contributed by atoms with van der Waals surface area (Å²) in [7, 11) is 0. The van der Waals surface area contributed by atoms with Crippen LogP contribution in [0.5, 0.6) is 11.5 Å². The van der Waals surface area contributed by atoms with Gasteiger partial charge >= 0.3 is 0 Å². The molecule has 1 aliphatic rings. The number of para-hydroxylation sites is 2. The van der Waals surface area contributed by atoms with Gasteiger partial charge in [-0.3, -0.25) is 0 Å². The fourth-order valence-corrected chi connectivity index (χ4v) is 2.35. The Kier molecular flexibility index (Phi) is 2.53. The first kappa shape index (κ1) is 10.0. The van der Waals surface area contributed by atoms with Gasteiger partial charge in [-0.05, 0) is 39.6 Å². The Morgan fingerprint density at radius 2 is 2.12 bits per heavy atom. The van der Waals surface area contributed by atoms with Gasteiger partial charge in [-0.1, -0.05) is 12.1 Å². The third kappa shape index (κ3) is 1.78. The molecule has 16 heavy (non-hydrogen) atoms. The third-order valence-corrected chi connectivity index (χ3v) is 3.35. The van der Waals surface area contributed by atoms with Gasteiger partial charge in [0.1, 0.15) is 6.61 Å². The van der Waals surface area contributed by atoms with Crippen LogP contribution in [0.2, 0.25) is 0 Å². The van der Waals surface area contributed by atoms with Crippen LogP contribution in [0, 0.1) is 0 Å². The van der Waals surface area contributed by atoms with Gasteiger partial charge in [0.15, 0.2) is 27.3 Å². The Labute approximate surface area is 105 Å². The summed E-state index contributed by atoms with van der Waals surface area (Å²) >= 11 is 4.58. The lowest BCUT2D eigenvalue weighted by molar-refractivity contribution is 0.0859. The lowest BCUT2D eigenvalue weighted by Gasteiger charge is -2.24. The molecule has 1 atom stereocenters. The van der Waals surface area contributed by atoms with Gasteiger partial charge in [-0.2, -0.15) is 4.37 Å². The van der Waals surface area contributed by atoms with Crippen LogP contribution in [-0.4, -0.2) is 16.0 Å². The molecule has 0 fully saturated rings. The molecule has 0 radical (unpaired) electrons. The van der Waals surface area contributed by atoms with E-state index in [1.165, 1.54) is 11.5 Å². The second-order valence-corrected chi connectivity index (χ2v) is 5.30. The van der Waals surface area contributed by atoms with Gasteiger partial charge in [0.25, 0.3) is 0 Å². The highest BCUT2D eigenvalue weighted by Gasteiger charge is 2.25. The van der Waals surface area contributed by atoms with E-state index < -0.39 is 0 Å². The fraction of sp³-hybridized carbons (Fsp3) is 0.200. The number of fused-ring (bicyclic) bond motifs is 1. The summed E-state index contributed by atoms with van der Waals surface area (Å²) in [6.45, 7) is 0.445. The molecule has 0 N–H and O–H groups in total. The monoisotopic (exact) mass is 298 g/mol. The van der Waals surface area contributed by atoms with Gasteiger partial charge < -0.3 is 9.47 Å². The topological polar surface area (TPSA) is 44.2 Å². The van der Waals surface area contributed by atoms with Crippen LogP contribution in [0.15, 0.2) is 28.2 Å². The molecule has 0 saturated carbocycles. The molecule has 0 bridgehead atoms. The van der Waals surface area contributed by atoms with E-state index in [4.69, 9.17) is 9.47 Å². The van der Waals surface area contributed by atoms with E-state index in [9.17, 15) is 0 Å². The van der Waals surface area contributed by atoms with E-state index in [0.29, 0.717) is 12.4 Å². The molecular formula is C10H7BrN2O2S. The molecule has 0 aliphatic carbocycles. The van der Waals surface area contributed by atoms with Crippen molar-refractivity contribution >= 4 is 27.5 Å². The largest absolute Gasteiger partial charge is 0.485 e. The number of halogens is 1. The van der Waals surface area contributed by atoms with E-state index in [1.54, 1.807) is 0 Å². The smallest absolute Gasteiger partial charge is 0.193 e. The number of benzene rings is 1. The lowest BCUT2D eigenvalue weighted by Crippen LogP contribution is -2.22. The molecule has 1 unspecified atom stereocenters. The van der Waals surface area contributed by atoms with Gasteiger partial charge in [-0.25, -0.2) is 4.98 Å². The highest BCUT2D eigenvalue weighted by atomic mass is 79.9. The van der Waals surface area contributed by atoms with E-state index in [2.05, 4.69) is 25.3 Å². The molecule has 2 heterocycles. The standard InChI is InChI=1S/C10H7BrN2O2S/c11-10-12-9(13-16-10)8-5-14-6-3-1-2-4-7(6)15-8/h1-4,8H,5H2. The van der Waals surface area contributed by atoms with Crippen molar-refractivity contribution in [2.45, 2.75) is 6.10 Å². The van der Waals surface area contributed by atoms with Gasteiger partial charge in [-0.15, -0.1) is 0 Å². The van der Waals surface area contributed by atoms with Gasteiger partial charge in [0.05, 0.1) is 0 Å². The summed E-state index contributed by atoms with van der Waals surface area (Å²) in [5.41, 5.74) is 0. The molecule has 0 amide bonds. The first-order valence-corrected chi connectivity index (χ1v) is 6.27. The molecule has 3 rings (SSSR count). The van der Waals surface area contributed by atoms with Crippen LogP contribution in [0.3, 0.4) is 0 Å². The van der Waals surface area contributed by atoms with Crippen molar-refractivity contribution in [2.24, 2.45) is 0 Å². The minimum Gasteiger partial charge on any atom is -0.485 e. The van der Waals surface area contributed by atoms with Crippen molar-refractivity contribution in [3.8, 4) is 11.5 Å². The van der Waals surface area contributed by atoms with E-state index >= 15 is 0 Å². The van der Waals surface area contributed by atoms with Crippen LogP contribution in [0.4, 0.5) is 0 Å². The average molecular weight is 299 g/mol. The maximum Gasteiger partial charge on any atom is 0.193 e. The maximum atomic E-state index is 5.77. The summed E-state index contributed by atoms with van der Waals surface area (Å²) in [4.78, 5) is 4.23. The fourth-order valence-electron chi connectivity index (χ4n) is 1.49. The van der Waals surface area contributed by atoms with Gasteiger partial charge in [0.2, 0.25) is 0 Å². The minimum atomic E-state index is -0.225. The van der Waals surface area contributed by atoms with Crippen molar-refractivity contribution in [3.63, 3.8) is 0 Å². The molecule has 1 aromatic carbocycles. The normalized spacial score (nSPS) is 18.4. The molecule has 82 valence electrons. The molecule has 2 aromatic rings. The zero-order valence-corrected chi connectivity index (χ0v) is 10.5. The minimum absolute atomic E-state index is 0.225. The first-order chi connectivity index (χ1) is 7.83. The summed E-state index contributed by atoms with van der Waals surface area (Å²) in [6.07, 6.45) is -0.225. The van der Waals surface area contributed by atoms with Crippen molar-refractivity contribution < 1.29 is 9.47 Å². The summed E-state index contributed by atoms with van der Waals surface area (Å²) < 4.78 is 16.3. The zero-order valence-electron chi connectivity index (χ0n) is 8.09. The Bertz CT molecular complexity index is 517. The van der Waals surface area contributed by atoms with Gasteiger partial charge in [0, 0.05) is 0 Å². The Morgan fingerprint density at radius 3 is 2.88 bits per heavy atom. The molecule has 0 spiro atoms. The summed E-state index contributed by atoms with van der Waals surface area (Å²) in [5, 5.41) is 0. The second-order valence-electron chi connectivity index (χ2n) is 3.27. The Balaban J connectivity index is 1.88. The van der Waals surface area contributed by atoms with Crippen LogP contribution in [-0.2, 0) is 0 Å². The van der Waals surface area contributed by atoms with E-state index in [1.807, 2.05) is 24.3 Å². The molecule has 0 saturated heterocycles. The van der Waals surface area contributed by atoms with E-state index in [0.717, 1.165) is 15.4 Å². The van der Waals surface area contributed by atoms with Crippen LogP contribution < -0.4 is 9.47 Å². The molecular weight excluding hydrogens is 292 g/mol. The Morgan fingerprint density at radius 1 is 1.31 bits per heavy atom. The quantitative estimate of drug-likeness (QED) is 0.812. The molecule has 6 heteroatoms. The average Bonchev–Trinajstić information content (AvgIpc) is 2.75. The number of rotatable bonds is 1. The van der Waals surface area contributed by atoms with Crippen molar-refractivity contribution in [1.29, 1.82) is 0 Å². The molecule has 1 aromatic heterocycles. The number of aromatic nitrogens is 2. The lowest BCUT2D eigenvalue weighted by atomic mass is 10.2. The summed E-state index contributed by atoms with van der Waals surface area (Å²) in [6, 6.07) is 7.59. The van der Waals surface area contributed by atoms with E-state index in [-0.39, 0.29) is 6.10 Å². The molecule has 1 aliphatic heterocycles. The molecule has 4 nitrogen and oxygen atoms in total. The number of ether oxygens (including phenoxy) is 2. The number of hydrogen-bond donors (Lipinski definition) is 0. The van der Waals surface area contributed by atoms with Crippen LogP contribution >= 0.6 is 27.5 Å². The first-order valence-electron chi connectivity index (χ1n) is 4.70. The number of nitrogens with zero attached hydrogens (tertiary/aromatic N) is 2. The van der Waals surface area contributed by atoms with Crippen LogP contribution in [0.25, 0.3) is 0 Å². The van der Waals surface area contributed by atoms with Crippen molar-refractivity contribution in [1.82, 2.24) is 9.36 Å². The van der Waals surface area contributed by atoms with Crippen molar-refractivity contribution in [2.75, 3.05) is 6.61 Å². The number of hydrogen-bond acceptors (Lipinski definition) is 5. The third-order valence-electron chi connectivity index (χ3n) is 2.21. The predicted octanol–water partition coefficient (Wildman–Crippen LogP) is 2.81. The van der Waals surface area contributed by atoms with Crippen molar-refractivity contribution in [3.05, 3.63) is 34.0 Å². The zero-order chi connectivity index (χ0) is 11.0. The SMILES string of the molecule is Brc1nc(C2COc3ccccc3O2)ns1. The maximum absolute atomic E-state index is 5.77. The highest BCUT2D eigenvalue weighted by Crippen LogP contribution is 2.35. The Hall–Kier alpha value is -1.14. The van der Waals surface area contributed by atoms with Crippen LogP contribution in [0.1, 0.15) is 11.9 Å². The predicted molar refractivity (Wildman–Crippen MR) is 62.9 cm³/mol. The highest BCUT2D eigenvalue weighted by molar-refractivity contribution is 9.11. The second kappa shape index (κ2) is 4.03.